The summed E-state index contributed by atoms with van der Waals surface area (Å²) in [5.74, 6) is 1.43. The fourth-order valence-electron chi connectivity index (χ4n) is 3.02. The second kappa shape index (κ2) is 5.53. The monoisotopic (exact) mass is 282 g/mol. The Morgan fingerprint density at radius 2 is 1.71 bits per heavy atom. The van der Waals surface area contributed by atoms with Crippen molar-refractivity contribution in [2.24, 2.45) is 0 Å². The van der Waals surface area contributed by atoms with Gasteiger partial charge >= 0.3 is 0 Å². The van der Waals surface area contributed by atoms with Crippen LogP contribution in [0.3, 0.4) is 0 Å². The Balaban J connectivity index is 1.93. The number of hydrogen-bond donors (Lipinski definition) is 1. The summed E-state index contributed by atoms with van der Waals surface area (Å²) in [4.78, 5) is 0. The lowest BCUT2D eigenvalue weighted by molar-refractivity contribution is 0.0989. The Bertz CT molecular complexity index is 610. The lowest BCUT2D eigenvalue weighted by atomic mass is 9.79. The van der Waals surface area contributed by atoms with Crippen molar-refractivity contribution in [1.82, 2.24) is 0 Å². The number of ether oxygens (including phenoxy) is 1. The Morgan fingerprint density at radius 3 is 2.29 bits per heavy atom. The van der Waals surface area contributed by atoms with Crippen molar-refractivity contribution in [2.45, 2.75) is 37.7 Å². The summed E-state index contributed by atoms with van der Waals surface area (Å²) in [6, 6.07) is 16.0. The van der Waals surface area contributed by atoms with Crippen molar-refractivity contribution in [1.29, 1.82) is 0 Å². The van der Waals surface area contributed by atoms with Gasteiger partial charge in [0, 0.05) is 5.56 Å². The molecule has 21 heavy (non-hydrogen) atoms. The maximum atomic E-state index is 11.0. The average Bonchev–Trinajstić information content (AvgIpc) is 2.46. The molecular weight excluding hydrogens is 260 g/mol. The van der Waals surface area contributed by atoms with E-state index in [1.54, 1.807) is 7.11 Å². The first-order valence-corrected chi connectivity index (χ1v) is 7.59. The predicted octanol–water partition coefficient (Wildman–Crippen LogP) is 4.22. The Morgan fingerprint density at radius 1 is 1.05 bits per heavy atom. The van der Waals surface area contributed by atoms with Gasteiger partial charge in [0.25, 0.3) is 0 Å². The second-order valence-corrected chi connectivity index (χ2v) is 6.02. The number of benzene rings is 2. The van der Waals surface area contributed by atoms with Crippen molar-refractivity contribution < 1.29 is 9.84 Å². The summed E-state index contributed by atoms with van der Waals surface area (Å²) in [6.45, 7) is 1.82. The second-order valence-electron chi connectivity index (χ2n) is 6.02. The largest absolute Gasteiger partial charge is 0.496 e. The molecule has 1 unspecified atom stereocenters. The van der Waals surface area contributed by atoms with Gasteiger partial charge in [0.2, 0.25) is 0 Å². The smallest absolute Gasteiger partial charge is 0.125 e. The number of rotatable bonds is 4. The topological polar surface area (TPSA) is 29.5 Å². The zero-order chi connectivity index (χ0) is 14.9. The van der Waals surface area contributed by atoms with E-state index in [1.807, 2.05) is 43.3 Å². The highest BCUT2D eigenvalue weighted by molar-refractivity contribution is 5.44. The highest BCUT2D eigenvalue weighted by atomic mass is 16.5. The Hall–Kier alpha value is -1.80. The molecular formula is C19H22O2. The van der Waals surface area contributed by atoms with Crippen LogP contribution in [0.2, 0.25) is 0 Å². The van der Waals surface area contributed by atoms with Crippen LogP contribution in [0.25, 0.3) is 0 Å². The van der Waals surface area contributed by atoms with Gasteiger partial charge in [-0.05, 0) is 42.9 Å². The molecule has 0 bridgehead atoms. The quantitative estimate of drug-likeness (QED) is 0.910. The molecule has 1 N–H and O–H groups in total. The molecule has 1 saturated carbocycles. The molecule has 1 fully saturated rings. The van der Waals surface area contributed by atoms with Crippen molar-refractivity contribution in [3.63, 3.8) is 0 Å². The average molecular weight is 282 g/mol. The van der Waals surface area contributed by atoms with E-state index in [9.17, 15) is 5.11 Å². The first kappa shape index (κ1) is 14.2. The van der Waals surface area contributed by atoms with E-state index in [-0.39, 0.29) is 0 Å². The molecule has 0 aromatic heterocycles. The molecule has 1 aliphatic carbocycles. The van der Waals surface area contributed by atoms with Crippen molar-refractivity contribution in [2.75, 3.05) is 7.11 Å². The van der Waals surface area contributed by atoms with Crippen LogP contribution in [0.5, 0.6) is 5.75 Å². The van der Waals surface area contributed by atoms with Crippen LogP contribution in [0.1, 0.15) is 48.8 Å². The first-order valence-electron chi connectivity index (χ1n) is 7.59. The number of methoxy groups -OCH3 is 1. The molecule has 0 amide bonds. The van der Waals surface area contributed by atoms with E-state index in [0.29, 0.717) is 5.75 Å². The fourth-order valence-corrected chi connectivity index (χ4v) is 3.02. The van der Waals surface area contributed by atoms with Gasteiger partial charge in [-0.1, -0.05) is 48.9 Å². The summed E-state index contributed by atoms with van der Waals surface area (Å²) in [6.07, 6.45) is 3.93. The Kier molecular flexibility index (Phi) is 3.73. The molecule has 2 heteroatoms. The van der Waals surface area contributed by atoms with Crippen LogP contribution in [0.15, 0.2) is 48.5 Å². The lowest BCUT2D eigenvalue weighted by Crippen LogP contribution is -2.23. The lowest BCUT2D eigenvalue weighted by Gasteiger charge is -2.29. The molecule has 1 aliphatic rings. The highest BCUT2D eigenvalue weighted by Crippen LogP contribution is 2.39. The van der Waals surface area contributed by atoms with E-state index in [2.05, 4.69) is 12.1 Å². The van der Waals surface area contributed by atoms with Crippen LogP contribution in [-0.4, -0.2) is 12.2 Å². The van der Waals surface area contributed by atoms with E-state index in [0.717, 1.165) is 17.0 Å². The first-order chi connectivity index (χ1) is 10.1. The van der Waals surface area contributed by atoms with Crippen LogP contribution in [-0.2, 0) is 5.60 Å². The van der Waals surface area contributed by atoms with Gasteiger partial charge in [0.05, 0.1) is 7.11 Å². The van der Waals surface area contributed by atoms with E-state index >= 15 is 0 Å². The molecule has 3 rings (SSSR count). The number of para-hydroxylation sites is 1. The van der Waals surface area contributed by atoms with Gasteiger partial charge in [-0.25, -0.2) is 0 Å². The maximum Gasteiger partial charge on any atom is 0.125 e. The third-order valence-electron chi connectivity index (χ3n) is 4.68. The van der Waals surface area contributed by atoms with Crippen LogP contribution < -0.4 is 4.74 Å². The van der Waals surface area contributed by atoms with Gasteiger partial charge in [-0.15, -0.1) is 0 Å². The van der Waals surface area contributed by atoms with Gasteiger partial charge < -0.3 is 9.84 Å². The SMILES string of the molecule is COc1ccccc1C(C)(O)c1ccc(C2CCC2)cc1. The van der Waals surface area contributed by atoms with Gasteiger partial charge in [-0.2, -0.15) is 0 Å². The van der Waals surface area contributed by atoms with Crippen LogP contribution >= 0.6 is 0 Å². The van der Waals surface area contributed by atoms with Gasteiger partial charge in [0.1, 0.15) is 11.4 Å². The van der Waals surface area contributed by atoms with Crippen LogP contribution in [0.4, 0.5) is 0 Å². The minimum absolute atomic E-state index is 0.713. The molecule has 0 radical (unpaired) electrons. The molecule has 1 atom stereocenters. The molecule has 0 aliphatic heterocycles. The zero-order valence-corrected chi connectivity index (χ0v) is 12.7. The molecule has 2 aromatic rings. The van der Waals surface area contributed by atoms with E-state index in [4.69, 9.17) is 4.74 Å². The molecule has 110 valence electrons. The predicted molar refractivity (Wildman–Crippen MR) is 84.7 cm³/mol. The maximum absolute atomic E-state index is 11.0. The number of aliphatic hydroxyl groups is 1. The van der Waals surface area contributed by atoms with E-state index < -0.39 is 5.60 Å². The van der Waals surface area contributed by atoms with Gasteiger partial charge in [-0.3, -0.25) is 0 Å². The molecule has 2 nitrogen and oxygen atoms in total. The molecule has 2 aromatic carbocycles. The number of hydrogen-bond acceptors (Lipinski definition) is 2. The normalized spacial score (nSPS) is 17.9. The molecule has 0 spiro atoms. The fraction of sp³-hybridized carbons (Fsp3) is 0.368. The summed E-state index contributed by atoms with van der Waals surface area (Å²) < 4.78 is 5.38. The minimum atomic E-state index is -1.05. The zero-order valence-electron chi connectivity index (χ0n) is 12.7. The summed E-state index contributed by atoms with van der Waals surface area (Å²) in [5.41, 5.74) is 2.03. The van der Waals surface area contributed by atoms with E-state index in [1.165, 1.54) is 24.8 Å². The van der Waals surface area contributed by atoms with Crippen molar-refractivity contribution in [3.8, 4) is 5.75 Å². The third kappa shape index (κ3) is 2.56. The summed E-state index contributed by atoms with van der Waals surface area (Å²) in [7, 11) is 1.63. The summed E-state index contributed by atoms with van der Waals surface area (Å²) >= 11 is 0. The standard InChI is InChI=1S/C19H22O2/c1-19(20,17-8-3-4-9-18(17)21-2)16-12-10-15(11-13-16)14-6-5-7-14/h3-4,8-14,20H,5-7H2,1-2H3. The van der Waals surface area contributed by atoms with Crippen molar-refractivity contribution >= 4 is 0 Å². The Labute approximate surface area is 126 Å². The van der Waals surface area contributed by atoms with Gasteiger partial charge in [0.15, 0.2) is 0 Å². The third-order valence-corrected chi connectivity index (χ3v) is 4.68. The minimum Gasteiger partial charge on any atom is -0.496 e. The molecule has 0 heterocycles. The highest BCUT2D eigenvalue weighted by Gasteiger charge is 2.29. The summed E-state index contributed by atoms with van der Waals surface area (Å²) in [5, 5.41) is 11.0. The molecule has 0 saturated heterocycles. The van der Waals surface area contributed by atoms with Crippen LogP contribution in [0, 0.1) is 0 Å². The van der Waals surface area contributed by atoms with Crippen molar-refractivity contribution in [3.05, 3.63) is 65.2 Å².